The Hall–Kier alpha value is -1.59. The smallest absolute Gasteiger partial charge is 0.256 e. The third-order valence-corrected chi connectivity index (χ3v) is 6.45. The molecule has 0 bridgehead atoms. The van der Waals surface area contributed by atoms with Gasteiger partial charge in [0, 0.05) is 18.8 Å². The summed E-state index contributed by atoms with van der Waals surface area (Å²) >= 11 is 0. The number of carbonyl (C=O) groups is 1. The molecule has 0 spiro atoms. The Morgan fingerprint density at radius 3 is 2.52 bits per heavy atom. The van der Waals surface area contributed by atoms with Crippen molar-refractivity contribution in [2.75, 3.05) is 38.2 Å². The summed E-state index contributed by atoms with van der Waals surface area (Å²) in [6.07, 6.45) is 6.38. The number of hydrogen-bond acceptors (Lipinski definition) is 4. The van der Waals surface area contributed by atoms with Crippen molar-refractivity contribution in [1.29, 1.82) is 0 Å². The molecule has 1 aromatic rings. The van der Waals surface area contributed by atoms with Crippen LogP contribution in [-0.4, -0.2) is 49.3 Å². The zero-order valence-electron chi connectivity index (χ0n) is 18.4. The molecule has 1 amide bonds. The van der Waals surface area contributed by atoms with Gasteiger partial charge in [-0.1, -0.05) is 20.3 Å². The molecule has 1 aliphatic carbocycles. The van der Waals surface area contributed by atoms with Gasteiger partial charge in [-0.2, -0.15) is 0 Å². The van der Waals surface area contributed by atoms with Crippen molar-refractivity contribution in [2.24, 2.45) is 11.8 Å². The normalized spacial score (nSPS) is 26.2. The van der Waals surface area contributed by atoms with Crippen molar-refractivity contribution in [1.82, 2.24) is 4.90 Å². The fourth-order valence-electron chi connectivity index (χ4n) is 4.64. The topological polar surface area (TPSA) is 50.8 Å². The first-order chi connectivity index (χ1) is 14.0. The van der Waals surface area contributed by atoms with E-state index in [9.17, 15) is 4.79 Å². The van der Waals surface area contributed by atoms with Crippen LogP contribution in [0, 0.1) is 11.8 Å². The highest BCUT2D eigenvalue weighted by atomic mass is 16.5. The predicted octanol–water partition coefficient (Wildman–Crippen LogP) is 4.72. The van der Waals surface area contributed by atoms with Crippen molar-refractivity contribution >= 4 is 11.6 Å². The predicted molar refractivity (Wildman–Crippen MR) is 117 cm³/mol. The number of nitrogens with one attached hydrogen (secondary N) is 1. The third kappa shape index (κ3) is 6.19. The summed E-state index contributed by atoms with van der Waals surface area (Å²) < 4.78 is 11.9. The first-order valence-electron chi connectivity index (χ1n) is 11.4. The Balaban J connectivity index is 1.48. The molecule has 1 aromatic carbocycles. The van der Waals surface area contributed by atoms with Gasteiger partial charge in [-0.25, -0.2) is 0 Å². The van der Waals surface area contributed by atoms with Gasteiger partial charge >= 0.3 is 0 Å². The summed E-state index contributed by atoms with van der Waals surface area (Å²) in [5.41, 5.74) is 0.109. The maximum Gasteiger partial charge on any atom is 0.256 e. The Morgan fingerprint density at radius 1 is 1.14 bits per heavy atom. The summed E-state index contributed by atoms with van der Waals surface area (Å²) in [6, 6.07) is 7.71. The van der Waals surface area contributed by atoms with Crippen LogP contribution in [0.2, 0.25) is 0 Å². The van der Waals surface area contributed by atoms with Crippen LogP contribution in [0.5, 0.6) is 5.75 Å². The van der Waals surface area contributed by atoms with Crippen LogP contribution in [-0.2, 0) is 9.53 Å². The van der Waals surface area contributed by atoms with Gasteiger partial charge < -0.3 is 14.8 Å². The van der Waals surface area contributed by atoms with Crippen molar-refractivity contribution in [2.45, 2.75) is 64.9 Å². The molecule has 3 rings (SSSR count). The minimum Gasteiger partial charge on any atom is -0.492 e. The molecule has 2 atom stereocenters. The van der Waals surface area contributed by atoms with Crippen LogP contribution in [0.4, 0.5) is 5.69 Å². The van der Waals surface area contributed by atoms with E-state index in [1.54, 1.807) is 0 Å². The molecule has 2 fully saturated rings. The third-order valence-electron chi connectivity index (χ3n) is 6.45. The highest BCUT2D eigenvalue weighted by Crippen LogP contribution is 2.36. The maximum atomic E-state index is 13.0. The van der Waals surface area contributed by atoms with Crippen molar-refractivity contribution < 1.29 is 14.3 Å². The fraction of sp³-hybridized carbons (Fsp3) is 0.708. The van der Waals surface area contributed by atoms with Gasteiger partial charge in [-0.05, 0) is 88.2 Å². The Labute approximate surface area is 176 Å². The lowest BCUT2D eigenvalue weighted by Gasteiger charge is -2.38. The lowest BCUT2D eigenvalue weighted by molar-refractivity contribution is -0.147. The number of hydrogen-bond donors (Lipinski definition) is 1. The van der Waals surface area contributed by atoms with E-state index in [-0.39, 0.29) is 5.91 Å². The first kappa shape index (κ1) is 22.1. The molecule has 0 aromatic heterocycles. The molecular weight excluding hydrogens is 364 g/mol. The molecule has 29 heavy (non-hydrogen) atoms. The van der Waals surface area contributed by atoms with E-state index in [2.05, 4.69) is 24.1 Å². The summed E-state index contributed by atoms with van der Waals surface area (Å²) in [7, 11) is 0. The van der Waals surface area contributed by atoms with Gasteiger partial charge in [0.2, 0.25) is 0 Å². The van der Waals surface area contributed by atoms with Crippen LogP contribution < -0.4 is 10.1 Å². The van der Waals surface area contributed by atoms with Gasteiger partial charge in [0.25, 0.3) is 5.91 Å². The number of nitrogens with zero attached hydrogens (tertiary/aromatic N) is 1. The van der Waals surface area contributed by atoms with Crippen LogP contribution in [0.3, 0.4) is 0 Å². The summed E-state index contributed by atoms with van der Waals surface area (Å²) in [5.74, 6) is 2.20. The van der Waals surface area contributed by atoms with Gasteiger partial charge in [-0.15, -0.1) is 0 Å². The van der Waals surface area contributed by atoms with E-state index in [0.29, 0.717) is 19.1 Å². The summed E-state index contributed by atoms with van der Waals surface area (Å²) in [4.78, 5) is 15.5. The molecule has 1 aliphatic heterocycles. The monoisotopic (exact) mass is 402 g/mol. The molecule has 5 nitrogen and oxygen atoms in total. The van der Waals surface area contributed by atoms with E-state index < -0.39 is 5.60 Å². The zero-order chi connectivity index (χ0) is 20.7. The molecule has 1 N–H and O–H groups in total. The Kier molecular flexibility index (Phi) is 7.96. The molecular formula is C24H38N2O3. The van der Waals surface area contributed by atoms with Gasteiger partial charge in [-0.3, -0.25) is 9.69 Å². The average molecular weight is 403 g/mol. The summed E-state index contributed by atoms with van der Waals surface area (Å²) in [5, 5.41) is 3.07. The SMILES string of the molecule is CCO[C@]1(C(=O)Nc2ccc(OCCN3CCC(C)CC3)cc2)CCC[C@H](C)C1. The second-order valence-corrected chi connectivity index (χ2v) is 8.98. The molecule has 5 heteroatoms. The van der Waals surface area contributed by atoms with Gasteiger partial charge in [0.05, 0.1) is 0 Å². The minimum atomic E-state index is -0.687. The number of amides is 1. The highest BCUT2D eigenvalue weighted by molar-refractivity contribution is 5.97. The lowest BCUT2D eigenvalue weighted by Crippen LogP contribution is -2.48. The number of ether oxygens (including phenoxy) is 2. The quantitative estimate of drug-likeness (QED) is 0.683. The van der Waals surface area contributed by atoms with Crippen molar-refractivity contribution in [3.8, 4) is 5.75 Å². The second kappa shape index (κ2) is 10.4. The molecule has 0 radical (unpaired) electrons. The zero-order valence-corrected chi connectivity index (χ0v) is 18.4. The van der Waals surface area contributed by atoms with Gasteiger partial charge in [0.1, 0.15) is 18.0 Å². The first-order valence-corrected chi connectivity index (χ1v) is 11.4. The standard InChI is InChI=1S/C24H38N2O3/c1-4-29-24(13-5-6-20(3)18-24)23(27)25-21-7-9-22(10-8-21)28-17-16-26-14-11-19(2)12-15-26/h7-10,19-20H,4-6,11-18H2,1-3H3,(H,25,27)/t20-,24+/m0/s1. The van der Waals surface area contributed by atoms with Crippen LogP contribution in [0.15, 0.2) is 24.3 Å². The minimum absolute atomic E-state index is 0.0149. The van der Waals surface area contributed by atoms with Crippen molar-refractivity contribution in [3.63, 3.8) is 0 Å². The fourth-order valence-corrected chi connectivity index (χ4v) is 4.64. The van der Waals surface area contributed by atoms with E-state index in [4.69, 9.17) is 9.47 Å². The maximum absolute atomic E-state index is 13.0. The number of rotatable bonds is 8. The van der Waals surface area contributed by atoms with E-state index in [1.165, 1.54) is 32.4 Å². The van der Waals surface area contributed by atoms with E-state index >= 15 is 0 Å². The van der Waals surface area contributed by atoms with E-state index in [1.807, 2.05) is 31.2 Å². The molecule has 2 aliphatic rings. The molecule has 1 saturated carbocycles. The Bertz CT molecular complexity index is 636. The number of likely N-dealkylation sites (tertiary alicyclic amines) is 1. The lowest BCUT2D eigenvalue weighted by atomic mass is 9.78. The molecule has 162 valence electrons. The van der Waals surface area contributed by atoms with Crippen LogP contribution >= 0.6 is 0 Å². The number of benzene rings is 1. The van der Waals surface area contributed by atoms with Crippen molar-refractivity contribution in [3.05, 3.63) is 24.3 Å². The number of anilines is 1. The molecule has 1 heterocycles. The van der Waals surface area contributed by atoms with Gasteiger partial charge in [0.15, 0.2) is 0 Å². The largest absolute Gasteiger partial charge is 0.492 e. The summed E-state index contributed by atoms with van der Waals surface area (Å²) in [6.45, 7) is 11.1. The highest BCUT2D eigenvalue weighted by Gasteiger charge is 2.42. The van der Waals surface area contributed by atoms with Crippen LogP contribution in [0.25, 0.3) is 0 Å². The second-order valence-electron chi connectivity index (χ2n) is 8.98. The Morgan fingerprint density at radius 2 is 1.86 bits per heavy atom. The number of piperidine rings is 1. The van der Waals surface area contributed by atoms with E-state index in [0.717, 1.165) is 43.2 Å². The average Bonchev–Trinajstić information content (AvgIpc) is 2.71. The molecule has 1 saturated heterocycles. The number of carbonyl (C=O) groups excluding carboxylic acids is 1. The molecule has 0 unspecified atom stereocenters. The van der Waals surface area contributed by atoms with Crippen LogP contribution in [0.1, 0.15) is 59.3 Å².